The van der Waals surface area contributed by atoms with Crippen LogP contribution in [0.25, 0.3) is 0 Å². The predicted molar refractivity (Wildman–Crippen MR) is 166 cm³/mol. The van der Waals surface area contributed by atoms with Crippen molar-refractivity contribution < 1.29 is 24.2 Å². The third-order valence-electron chi connectivity index (χ3n) is 6.99. The molecular formula is C35H36N3O5. The summed E-state index contributed by atoms with van der Waals surface area (Å²) >= 11 is 0. The first-order chi connectivity index (χ1) is 21.0. The van der Waals surface area contributed by atoms with Crippen LogP contribution in [0.4, 0.5) is 15.3 Å². The van der Waals surface area contributed by atoms with Gasteiger partial charge in [-0.25, -0.2) is 9.59 Å². The molecule has 0 saturated carbocycles. The second-order valence-corrected chi connectivity index (χ2v) is 10.1. The number of nitrogens with zero attached hydrogens (tertiary/aromatic N) is 2. The van der Waals surface area contributed by atoms with Crippen molar-refractivity contribution in [1.29, 1.82) is 0 Å². The first kappa shape index (κ1) is 31.0. The maximum atomic E-state index is 13.9. The number of rotatable bonds is 14. The topological polar surface area (TPSA) is 99.2 Å². The minimum Gasteiger partial charge on any atom is -0.445 e. The van der Waals surface area contributed by atoms with E-state index < -0.39 is 24.3 Å². The van der Waals surface area contributed by atoms with Crippen molar-refractivity contribution in [3.05, 3.63) is 138 Å². The molecule has 0 fully saturated rings. The minimum absolute atomic E-state index is 0.0801. The molecule has 1 radical (unpaired) electrons. The molecule has 0 aromatic heterocycles. The number of ether oxygens (including phenoxy) is 1. The Labute approximate surface area is 252 Å². The smallest absolute Gasteiger partial charge is 0.407 e. The molecule has 2 N–H and O–H groups in total. The molecule has 0 aliphatic carbocycles. The molecule has 0 spiro atoms. The molecule has 2 atom stereocenters. The van der Waals surface area contributed by atoms with E-state index in [2.05, 4.69) is 5.32 Å². The third-order valence-corrected chi connectivity index (χ3v) is 6.99. The molecule has 8 nitrogen and oxygen atoms in total. The monoisotopic (exact) mass is 578 g/mol. The van der Waals surface area contributed by atoms with Crippen LogP contribution in [-0.2, 0) is 29.0 Å². The molecule has 0 heterocycles. The summed E-state index contributed by atoms with van der Waals surface area (Å²) in [6, 6.07) is 36.2. The second kappa shape index (κ2) is 16.5. The van der Waals surface area contributed by atoms with E-state index in [4.69, 9.17) is 4.74 Å². The molecule has 0 aliphatic rings. The highest BCUT2D eigenvalue weighted by molar-refractivity contribution is 5.94. The van der Waals surface area contributed by atoms with E-state index in [9.17, 15) is 19.5 Å². The van der Waals surface area contributed by atoms with Crippen molar-refractivity contribution >= 4 is 24.1 Å². The van der Waals surface area contributed by atoms with Gasteiger partial charge in [0.05, 0.1) is 25.2 Å². The van der Waals surface area contributed by atoms with E-state index >= 15 is 0 Å². The van der Waals surface area contributed by atoms with Gasteiger partial charge < -0.3 is 20.1 Å². The molecule has 4 aromatic carbocycles. The van der Waals surface area contributed by atoms with Crippen molar-refractivity contribution in [2.45, 2.75) is 31.6 Å². The fourth-order valence-electron chi connectivity index (χ4n) is 4.71. The van der Waals surface area contributed by atoms with E-state index in [-0.39, 0.29) is 26.2 Å². The van der Waals surface area contributed by atoms with Gasteiger partial charge in [-0.1, -0.05) is 109 Å². The fraction of sp³-hybridized carbons (Fsp3) is 0.229. The van der Waals surface area contributed by atoms with E-state index in [1.165, 1.54) is 9.80 Å². The Bertz CT molecular complexity index is 1400. The Kier molecular flexibility index (Phi) is 11.9. The second-order valence-electron chi connectivity index (χ2n) is 10.1. The molecule has 43 heavy (non-hydrogen) atoms. The number of anilines is 1. The van der Waals surface area contributed by atoms with Crippen LogP contribution in [0, 0.1) is 0 Å². The van der Waals surface area contributed by atoms with Gasteiger partial charge in [-0.3, -0.25) is 9.69 Å². The lowest BCUT2D eigenvalue weighted by atomic mass is 10.0. The van der Waals surface area contributed by atoms with Gasteiger partial charge in [-0.05, 0) is 41.7 Å². The summed E-state index contributed by atoms with van der Waals surface area (Å²) < 4.78 is 5.44. The normalized spacial score (nSPS) is 12.0. The molecule has 4 rings (SSSR count). The lowest BCUT2D eigenvalue weighted by Crippen LogP contribution is -2.53. The van der Waals surface area contributed by atoms with E-state index in [1.807, 2.05) is 103 Å². The summed E-state index contributed by atoms with van der Waals surface area (Å²) in [5.41, 5.74) is 3.30. The quantitative estimate of drug-likeness (QED) is 0.215. The molecule has 0 saturated heterocycles. The first-order valence-corrected chi connectivity index (χ1v) is 14.2. The molecule has 2 unspecified atom stereocenters. The molecule has 8 heteroatoms. The maximum Gasteiger partial charge on any atom is 0.407 e. The Morgan fingerprint density at radius 3 is 1.88 bits per heavy atom. The largest absolute Gasteiger partial charge is 0.445 e. The number of hydrogen-bond acceptors (Lipinski definition) is 5. The highest BCUT2D eigenvalue weighted by Gasteiger charge is 2.29. The zero-order valence-electron chi connectivity index (χ0n) is 23.9. The van der Waals surface area contributed by atoms with Crippen LogP contribution in [0.1, 0.15) is 16.7 Å². The predicted octanol–water partition coefficient (Wildman–Crippen LogP) is 5.17. The molecule has 3 amide bonds. The summed E-state index contributed by atoms with van der Waals surface area (Å²) in [4.78, 5) is 41.1. The van der Waals surface area contributed by atoms with Crippen molar-refractivity contribution in [3.8, 4) is 0 Å². The van der Waals surface area contributed by atoms with Crippen molar-refractivity contribution in [2.24, 2.45) is 0 Å². The van der Waals surface area contributed by atoms with E-state index in [0.717, 1.165) is 16.7 Å². The van der Waals surface area contributed by atoms with Crippen LogP contribution < -0.4 is 10.2 Å². The van der Waals surface area contributed by atoms with Crippen LogP contribution in [-0.4, -0.2) is 60.2 Å². The SMILES string of the molecule is O=[C]CN(C(=O)N(CCc1ccccc1)CC(O)C(Cc1ccccc1)NC(=O)OCc1ccccc1)c1ccccc1. The molecule has 0 aliphatic heterocycles. The lowest BCUT2D eigenvalue weighted by molar-refractivity contribution is 0.0800. The van der Waals surface area contributed by atoms with Crippen LogP contribution in [0.3, 0.4) is 0 Å². The number of aliphatic hydroxyl groups is 1. The van der Waals surface area contributed by atoms with Crippen molar-refractivity contribution in [1.82, 2.24) is 10.2 Å². The summed E-state index contributed by atoms with van der Waals surface area (Å²) in [6.45, 7) is -0.00202. The fourth-order valence-corrected chi connectivity index (χ4v) is 4.71. The maximum absolute atomic E-state index is 13.9. The average Bonchev–Trinajstić information content (AvgIpc) is 3.05. The number of urea groups is 1. The zero-order chi connectivity index (χ0) is 30.3. The highest BCUT2D eigenvalue weighted by Crippen LogP contribution is 2.17. The Morgan fingerprint density at radius 1 is 0.767 bits per heavy atom. The number of alkyl carbamates (subject to hydrolysis) is 1. The number of aliphatic hydroxyl groups excluding tert-OH is 1. The van der Waals surface area contributed by atoms with Crippen molar-refractivity contribution in [2.75, 3.05) is 24.5 Å². The van der Waals surface area contributed by atoms with Gasteiger partial charge in [0.2, 0.25) is 6.29 Å². The number of carbonyl (C=O) groups is 2. The standard InChI is InChI=1S/C35H36N3O5/c39-24-23-38(31-19-11-4-12-20-31)35(42)37(22-21-28-13-5-1-6-14-28)26-33(40)32(25-29-15-7-2-8-16-29)36-34(41)43-27-30-17-9-3-10-18-30/h1-20,32-33,40H,21-23,25-27H2,(H,36,41). The number of benzene rings is 4. The van der Waals surface area contributed by atoms with Gasteiger partial charge in [0.25, 0.3) is 0 Å². The first-order valence-electron chi connectivity index (χ1n) is 14.2. The third kappa shape index (κ3) is 9.83. The lowest BCUT2D eigenvalue weighted by Gasteiger charge is -2.33. The minimum atomic E-state index is -1.15. The number of nitrogens with one attached hydrogen (secondary N) is 1. The van der Waals surface area contributed by atoms with Gasteiger partial charge in [-0.15, -0.1) is 0 Å². The van der Waals surface area contributed by atoms with Gasteiger partial charge in [0.15, 0.2) is 0 Å². The number of hydrogen-bond donors (Lipinski definition) is 2. The molecule has 0 bridgehead atoms. The summed E-state index contributed by atoms with van der Waals surface area (Å²) in [7, 11) is 0. The summed E-state index contributed by atoms with van der Waals surface area (Å²) in [5.74, 6) is 0. The Morgan fingerprint density at radius 2 is 1.30 bits per heavy atom. The summed E-state index contributed by atoms with van der Waals surface area (Å²) in [5, 5.41) is 14.4. The Hall–Kier alpha value is -4.95. The highest BCUT2D eigenvalue weighted by atomic mass is 16.5. The van der Waals surface area contributed by atoms with Crippen LogP contribution >= 0.6 is 0 Å². The van der Waals surface area contributed by atoms with Gasteiger partial charge in [0, 0.05) is 12.2 Å². The van der Waals surface area contributed by atoms with Gasteiger partial charge >= 0.3 is 12.1 Å². The molecular weight excluding hydrogens is 542 g/mol. The van der Waals surface area contributed by atoms with Crippen LogP contribution in [0.5, 0.6) is 0 Å². The average molecular weight is 579 g/mol. The van der Waals surface area contributed by atoms with Crippen LogP contribution in [0.2, 0.25) is 0 Å². The summed E-state index contributed by atoms with van der Waals surface area (Å²) in [6.07, 6.45) is 0.850. The van der Waals surface area contributed by atoms with Gasteiger partial charge in [-0.2, -0.15) is 0 Å². The van der Waals surface area contributed by atoms with Crippen LogP contribution in [0.15, 0.2) is 121 Å². The number of amides is 3. The van der Waals surface area contributed by atoms with E-state index in [0.29, 0.717) is 18.5 Å². The number of para-hydroxylation sites is 1. The zero-order valence-corrected chi connectivity index (χ0v) is 23.9. The van der Waals surface area contributed by atoms with Crippen molar-refractivity contribution in [3.63, 3.8) is 0 Å². The molecule has 221 valence electrons. The Balaban J connectivity index is 1.54. The molecule has 4 aromatic rings. The number of carbonyl (C=O) groups excluding carboxylic acids is 3. The van der Waals surface area contributed by atoms with E-state index in [1.54, 1.807) is 24.3 Å². The van der Waals surface area contributed by atoms with Gasteiger partial charge in [0.1, 0.15) is 6.61 Å².